The molecule has 1 aliphatic rings. The third-order valence-corrected chi connectivity index (χ3v) is 5.16. The van der Waals surface area contributed by atoms with Gasteiger partial charge in [-0.05, 0) is 60.2 Å². The van der Waals surface area contributed by atoms with Crippen LogP contribution < -0.4 is 10.5 Å². The van der Waals surface area contributed by atoms with Crippen molar-refractivity contribution in [1.82, 2.24) is 4.57 Å². The number of aromatic hydroxyl groups is 1. The minimum Gasteiger partial charge on any atom is -0.508 e. The summed E-state index contributed by atoms with van der Waals surface area (Å²) in [5.41, 5.74) is 1.63. The maximum absolute atomic E-state index is 12.8. The van der Waals surface area contributed by atoms with Crippen molar-refractivity contribution in [2.24, 2.45) is 5.92 Å². The molecule has 1 saturated heterocycles. The molecule has 1 aromatic heterocycles. The molecule has 2 heterocycles. The lowest BCUT2D eigenvalue weighted by Gasteiger charge is -2.20. The van der Waals surface area contributed by atoms with Gasteiger partial charge in [0.1, 0.15) is 5.75 Å². The molecule has 0 bridgehead atoms. The first-order valence-corrected chi connectivity index (χ1v) is 8.80. The van der Waals surface area contributed by atoms with E-state index in [1.165, 1.54) is 12.5 Å². The van der Waals surface area contributed by atoms with Gasteiger partial charge in [0.25, 0.3) is 5.56 Å². The van der Waals surface area contributed by atoms with Crippen molar-refractivity contribution < 1.29 is 5.11 Å². The van der Waals surface area contributed by atoms with Gasteiger partial charge < -0.3 is 10.0 Å². The quantitative estimate of drug-likeness (QED) is 0.750. The van der Waals surface area contributed by atoms with Crippen LogP contribution in [-0.4, -0.2) is 22.8 Å². The topological polar surface area (TPSA) is 45.5 Å². The van der Waals surface area contributed by atoms with Gasteiger partial charge in [0.15, 0.2) is 0 Å². The predicted octanol–water partition coefficient (Wildman–Crippen LogP) is 4.20. The van der Waals surface area contributed by atoms with Gasteiger partial charge in [-0.1, -0.05) is 18.5 Å². The summed E-state index contributed by atoms with van der Waals surface area (Å²) in [6, 6.07) is 12.3. The number of benzene rings is 2. The van der Waals surface area contributed by atoms with Crippen LogP contribution in [0.2, 0.25) is 5.02 Å². The molecule has 2 aromatic carbocycles. The Bertz CT molecular complexity index is 1010. The third kappa shape index (κ3) is 2.87. The standard InChI is InChI=1S/C20H19ClN2O2/c1-13-6-8-22(12-13)19-5-2-15(11-18(19)21)23-9-7-14-10-16(24)3-4-17(14)20(23)25/h2-5,7,9-11,13,24H,6,8,12H2,1H3. The summed E-state index contributed by atoms with van der Waals surface area (Å²) < 4.78 is 1.58. The van der Waals surface area contributed by atoms with E-state index in [2.05, 4.69) is 11.8 Å². The van der Waals surface area contributed by atoms with Gasteiger partial charge in [0.2, 0.25) is 0 Å². The first kappa shape index (κ1) is 16.0. The number of halogens is 1. The van der Waals surface area contributed by atoms with Crippen LogP contribution in [-0.2, 0) is 0 Å². The normalized spacial score (nSPS) is 17.4. The highest BCUT2D eigenvalue weighted by atomic mass is 35.5. The molecule has 25 heavy (non-hydrogen) atoms. The Morgan fingerprint density at radius 1 is 1.16 bits per heavy atom. The van der Waals surface area contributed by atoms with E-state index < -0.39 is 0 Å². The Balaban J connectivity index is 1.76. The highest BCUT2D eigenvalue weighted by molar-refractivity contribution is 6.33. The molecule has 1 fully saturated rings. The second kappa shape index (κ2) is 6.12. The smallest absolute Gasteiger partial charge is 0.262 e. The molecule has 5 heteroatoms. The minimum atomic E-state index is -0.129. The fourth-order valence-electron chi connectivity index (χ4n) is 3.49. The molecular formula is C20H19ClN2O2. The summed E-state index contributed by atoms with van der Waals surface area (Å²) >= 11 is 6.51. The molecule has 1 aliphatic heterocycles. The summed E-state index contributed by atoms with van der Waals surface area (Å²) in [5.74, 6) is 0.826. The molecule has 0 aliphatic carbocycles. The molecule has 1 unspecified atom stereocenters. The number of rotatable bonds is 2. The molecule has 4 nitrogen and oxygen atoms in total. The summed E-state index contributed by atoms with van der Waals surface area (Å²) in [4.78, 5) is 15.1. The second-order valence-electron chi connectivity index (χ2n) is 6.74. The fourth-order valence-corrected chi connectivity index (χ4v) is 3.79. The van der Waals surface area contributed by atoms with E-state index >= 15 is 0 Å². The largest absolute Gasteiger partial charge is 0.508 e. The summed E-state index contributed by atoms with van der Waals surface area (Å²) in [6.45, 7) is 4.27. The second-order valence-corrected chi connectivity index (χ2v) is 7.15. The molecule has 128 valence electrons. The number of hydrogen-bond acceptors (Lipinski definition) is 3. The highest BCUT2D eigenvalue weighted by Crippen LogP contribution is 2.32. The first-order valence-electron chi connectivity index (χ1n) is 8.42. The Hall–Kier alpha value is -2.46. The number of aromatic nitrogens is 1. The van der Waals surface area contributed by atoms with E-state index in [1.54, 1.807) is 22.9 Å². The maximum atomic E-state index is 12.8. The number of pyridine rings is 1. The SMILES string of the molecule is CC1CCN(c2ccc(-n3ccc4cc(O)ccc4c3=O)cc2Cl)C1. The maximum Gasteiger partial charge on any atom is 0.262 e. The Morgan fingerprint density at radius 2 is 2.00 bits per heavy atom. The highest BCUT2D eigenvalue weighted by Gasteiger charge is 2.21. The van der Waals surface area contributed by atoms with Crippen molar-refractivity contribution in [1.29, 1.82) is 0 Å². The van der Waals surface area contributed by atoms with E-state index in [0.29, 0.717) is 16.3 Å². The van der Waals surface area contributed by atoms with Gasteiger partial charge in [0, 0.05) is 24.7 Å². The van der Waals surface area contributed by atoms with Gasteiger partial charge in [-0.25, -0.2) is 0 Å². The monoisotopic (exact) mass is 354 g/mol. The van der Waals surface area contributed by atoms with Crippen molar-refractivity contribution >= 4 is 28.1 Å². The van der Waals surface area contributed by atoms with Crippen LogP contribution >= 0.6 is 11.6 Å². The van der Waals surface area contributed by atoms with Gasteiger partial charge >= 0.3 is 0 Å². The van der Waals surface area contributed by atoms with Crippen molar-refractivity contribution in [2.75, 3.05) is 18.0 Å². The Kier molecular flexibility index (Phi) is 3.92. The lowest BCUT2D eigenvalue weighted by molar-refractivity contribution is 0.476. The average Bonchev–Trinajstić information content (AvgIpc) is 3.01. The molecule has 3 aromatic rings. The zero-order valence-electron chi connectivity index (χ0n) is 13.9. The van der Waals surface area contributed by atoms with Gasteiger partial charge in [-0.15, -0.1) is 0 Å². The predicted molar refractivity (Wildman–Crippen MR) is 102 cm³/mol. The van der Waals surface area contributed by atoms with Crippen LogP contribution in [0.15, 0.2) is 53.5 Å². The van der Waals surface area contributed by atoms with E-state index in [1.807, 2.05) is 24.3 Å². The van der Waals surface area contributed by atoms with Crippen LogP contribution in [0, 0.1) is 5.92 Å². The number of nitrogens with zero attached hydrogens (tertiary/aromatic N) is 2. The van der Waals surface area contributed by atoms with Crippen molar-refractivity contribution in [2.45, 2.75) is 13.3 Å². The van der Waals surface area contributed by atoms with Crippen LogP contribution in [0.3, 0.4) is 0 Å². The first-order chi connectivity index (χ1) is 12.0. The van der Waals surface area contributed by atoms with Crippen molar-refractivity contribution in [3.63, 3.8) is 0 Å². The summed E-state index contributed by atoms with van der Waals surface area (Å²) in [6.07, 6.45) is 2.89. The molecular weight excluding hydrogens is 336 g/mol. The lowest BCUT2D eigenvalue weighted by atomic mass is 10.1. The lowest BCUT2D eigenvalue weighted by Crippen LogP contribution is -2.20. The zero-order valence-corrected chi connectivity index (χ0v) is 14.7. The minimum absolute atomic E-state index is 0.129. The Morgan fingerprint density at radius 3 is 2.72 bits per heavy atom. The van der Waals surface area contributed by atoms with Crippen LogP contribution in [0.5, 0.6) is 5.75 Å². The molecule has 0 saturated carbocycles. The van der Waals surface area contributed by atoms with Crippen molar-refractivity contribution in [3.05, 3.63) is 64.0 Å². The molecule has 1 N–H and O–H groups in total. The molecule has 4 rings (SSSR count). The summed E-state index contributed by atoms with van der Waals surface area (Å²) in [5, 5.41) is 11.5. The number of anilines is 1. The van der Waals surface area contributed by atoms with Gasteiger partial charge in [-0.2, -0.15) is 0 Å². The Labute approximate surface area is 150 Å². The molecule has 0 spiro atoms. The van der Waals surface area contributed by atoms with Crippen LogP contribution in [0.4, 0.5) is 5.69 Å². The van der Waals surface area contributed by atoms with E-state index in [0.717, 1.165) is 29.9 Å². The van der Waals surface area contributed by atoms with E-state index in [9.17, 15) is 9.90 Å². The van der Waals surface area contributed by atoms with Gasteiger partial charge in [-0.3, -0.25) is 9.36 Å². The number of fused-ring (bicyclic) bond motifs is 1. The van der Waals surface area contributed by atoms with Crippen LogP contribution in [0.25, 0.3) is 16.5 Å². The van der Waals surface area contributed by atoms with Crippen molar-refractivity contribution in [3.8, 4) is 11.4 Å². The third-order valence-electron chi connectivity index (χ3n) is 4.86. The molecule has 1 atom stereocenters. The van der Waals surface area contributed by atoms with Crippen LogP contribution in [0.1, 0.15) is 13.3 Å². The van der Waals surface area contributed by atoms with E-state index in [4.69, 9.17) is 11.6 Å². The zero-order chi connectivity index (χ0) is 17.6. The number of phenolic OH excluding ortho intramolecular Hbond substituents is 1. The number of phenols is 1. The number of hydrogen-bond donors (Lipinski definition) is 1. The molecule has 0 amide bonds. The van der Waals surface area contributed by atoms with Gasteiger partial charge in [0.05, 0.1) is 16.4 Å². The molecule has 0 radical (unpaired) electrons. The summed E-state index contributed by atoms with van der Waals surface area (Å²) in [7, 11) is 0. The van der Waals surface area contributed by atoms with E-state index in [-0.39, 0.29) is 11.3 Å². The fraction of sp³-hybridized carbons (Fsp3) is 0.250. The average molecular weight is 355 g/mol.